The molecule has 0 aliphatic heterocycles. The number of ether oxygens (including phenoxy) is 1. The summed E-state index contributed by atoms with van der Waals surface area (Å²) in [5.41, 5.74) is 2.44. The van der Waals surface area contributed by atoms with Gasteiger partial charge in [0.15, 0.2) is 0 Å². The average Bonchev–Trinajstić information content (AvgIpc) is 2.56. The molecule has 1 aromatic carbocycles. The Balaban J connectivity index is 2.16. The van der Waals surface area contributed by atoms with Crippen molar-refractivity contribution < 1.29 is 9.53 Å². The summed E-state index contributed by atoms with van der Waals surface area (Å²) in [6, 6.07) is 10.6. The molecule has 0 spiro atoms. The second-order valence-electron chi connectivity index (χ2n) is 5.90. The number of aromatic nitrogens is 1. The Morgan fingerprint density at radius 2 is 1.75 bits per heavy atom. The lowest BCUT2D eigenvalue weighted by Crippen LogP contribution is -2.21. The van der Waals surface area contributed by atoms with Crippen LogP contribution in [0.3, 0.4) is 0 Å². The maximum atomic E-state index is 12.0. The van der Waals surface area contributed by atoms with E-state index in [0.717, 1.165) is 24.1 Å². The van der Waals surface area contributed by atoms with E-state index in [0.29, 0.717) is 18.7 Å². The number of rotatable bonds is 7. The van der Waals surface area contributed by atoms with Gasteiger partial charge in [0.1, 0.15) is 0 Å². The zero-order valence-corrected chi connectivity index (χ0v) is 14.5. The standard InChI is InChI=1S/C19H24N2O3/c1-4-24-19(23)16-8-6-15(7-9-16)17-10-11-18(22)21(14-17)13-5-12-20(2)3/h6-11,14H,4-5,12-13H2,1-3H3. The van der Waals surface area contributed by atoms with Crippen LogP contribution >= 0.6 is 0 Å². The van der Waals surface area contributed by atoms with Crippen molar-refractivity contribution in [3.05, 3.63) is 58.5 Å². The first-order valence-corrected chi connectivity index (χ1v) is 8.14. The summed E-state index contributed by atoms with van der Waals surface area (Å²) in [7, 11) is 4.04. The molecule has 0 N–H and O–H groups in total. The maximum absolute atomic E-state index is 12.0. The van der Waals surface area contributed by atoms with E-state index in [1.165, 1.54) is 0 Å². The van der Waals surface area contributed by atoms with Gasteiger partial charge in [0.25, 0.3) is 5.56 Å². The predicted molar refractivity (Wildman–Crippen MR) is 95.3 cm³/mol. The third-order valence-corrected chi connectivity index (χ3v) is 3.72. The van der Waals surface area contributed by atoms with Gasteiger partial charge in [-0.3, -0.25) is 4.79 Å². The second-order valence-corrected chi connectivity index (χ2v) is 5.90. The highest BCUT2D eigenvalue weighted by Crippen LogP contribution is 2.19. The topological polar surface area (TPSA) is 51.5 Å². The van der Waals surface area contributed by atoms with Crippen molar-refractivity contribution >= 4 is 5.97 Å². The molecular weight excluding hydrogens is 304 g/mol. The van der Waals surface area contributed by atoms with E-state index in [4.69, 9.17) is 4.74 Å². The van der Waals surface area contributed by atoms with Gasteiger partial charge in [-0.2, -0.15) is 0 Å². The number of benzene rings is 1. The minimum Gasteiger partial charge on any atom is -0.462 e. The van der Waals surface area contributed by atoms with Gasteiger partial charge < -0.3 is 14.2 Å². The molecule has 24 heavy (non-hydrogen) atoms. The molecular formula is C19H24N2O3. The summed E-state index contributed by atoms with van der Waals surface area (Å²) < 4.78 is 6.72. The Morgan fingerprint density at radius 3 is 2.38 bits per heavy atom. The van der Waals surface area contributed by atoms with Gasteiger partial charge in [-0.15, -0.1) is 0 Å². The zero-order valence-electron chi connectivity index (χ0n) is 14.5. The van der Waals surface area contributed by atoms with Gasteiger partial charge in [0.2, 0.25) is 0 Å². The van der Waals surface area contributed by atoms with Crippen molar-refractivity contribution in [2.24, 2.45) is 0 Å². The minimum absolute atomic E-state index is 0.000602. The molecule has 0 atom stereocenters. The highest BCUT2D eigenvalue weighted by atomic mass is 16.5. The molecule has 5 heteroatoms. The van der Waals surface area contributed by atoms with Gasteiger partial charge >= 0.3 is 5.97 Å². The molecule has 0 fully saturated rings. The van der Waals surface area contributed by atoms with E-state index in [9.17, 15) is 9.59 Å². The number of esters is 1. The number of carbonyl (C=O) groups excluding carboxylic acids is 1. The molecule has 128 valence electrons. The lowest BCUT2D eigenvalue weighted by molar-refractivity contribution is 0.0526. The summed E-state index contributed by atoms with van der Waals surface area (Å²) in [6.07, 6.45) is 2.79. The van der Waals surface area contributed by atoms with Crippen LogP contribution in [-0.4, -0.2) is 42.7 Å². The summed E-state index contributed by atoms with van der Waals surface area (Å²) >= 11 is 0. The molecule has 0 saturated carbocycles. The monoisotopic (exact) mass is 328 g/mol. The van der Waals surface area contributed by atoms with Crippen LogP contribution in [0.15, 0.2) is 47.4 Å². The number of hydrogen-bond donors (Lipinski definition) is 0. The summed E-state index contributed by atoms with van der Waals surface area (Å²) in [4.78, 5) is 25.8. The molecule has 0 radical (unpaired) electrons. The van der Waals surface area contributed by atoms with Crippen molar-refractivity contribution in [1.82, 2.24) is 9.47 Å². The van der Waals surface area contributed by atoms with Crippen molar-refractivity contribution in [3.8, 4) is 11.1 Å². The van der Waals surface area contributed by atoms with Crippen LogP contribution in [0.2, 0.25) is 0 Å². The molecule has 5 nitrogen and oxygen atoms in total. The number of carbonyl (C=O) groups is 1. The molecule has 0 saturated heterocycles. The minimum atomic E-state index is -0.322. The van der Waals surface area contributed by atoms with Crippen LogP contribution in [0.25, 0.3) is 11.1 Å². The summed E-state index contributed by atoms with van der Waals surface area (Å²) in [5.74, 6) is -0.322. The van der Waals surface area contributed by atoms with Gasteiger partial charge in [0.05, 0.1) is 12.2 Å². The van der Waals surface area contributed by atoms with Crippen molar-refractivity contribution in [1.29, 1.82) is 0 Å². The van der Waals surface area contributed by atoms with Crippen LogP contribution in [0.4, 0.5) is 0 Å². The molecule has 0 amide bonds. The normalized spacial score (nSPS) is 10.8. The molecule has 0 unspecified atom stereocenters. The predicted octanol–water partition coefficient (Wildman–Crippen LogP) is 2.64. The van der Waals surface area contributed by atoms with Gasteiger partial charge in [-0.25, -0.2) is 4.79 Å². The largest absolute Gasteiger partial charge is 0.462 e. The van der Waals surface area contributed by atoms with Crippen LogP contribution in [0.1, 0.15) is 23.7 Å². The van der Waals surface area contributed by atoms with Crippen molar-refractivity contribution in [2.75, 3.05) is 27.2 Å². The first-order valence-electron chi connectivity index (χ1n) is 8.14. The summed E-state index contributed by atoms with van der Waals surface area (Å²) in [6.45, 7) is 3.76. The Morgan fingerprint density at radius 1 is 1.08 bits per heavy atom. The van der Waals surface area contributed by atoms with Crippen molar-refractivity contribution in [2.45, 2.75) is 19.9 Å². The fourth-order valence-corrected chi connectivity index (χ4v) is 2.45. The number of hydrogen-bond acceptors (Lipinski definition) is 4. The molecule has 2 aromatic rings. The fraction of sp³-hybridized carbons (Fsp3) is 0.368. The van der Waals surface area contributed by atoms with E-state index in [-0.39, 0.29) is 11.5 Å². The number of aryl methyl sites for hydroxylation is 1. The van der Waals surface area contributed by atoms with E-state index in [2.05, 4.69) is 4.90 Å². The van der Waals surface area contributed by atoms with Gasteiger partial charge in [-0.1, -0.05) is 12.1 Å². The average molecular weight is 328 g/mol. The molecule has 1 aromatic heterocycles. The van der Waals surface area contributed by atoms with E-state index >= 15 is 0 Å². The first-order chi connectivity index (χ1) is 11.5. The van der Waals surface area contributed by atoms with E-state index < -0.39 is 0 Å². The Bertz CT molecular complexity index is 733. The quantitative estimate of drug-likeness (QED) is 0.733. The lowest BCUT2D eigenvalue weighted by Gasteiger charge is -2.12. The highest BCUT2D eigenvalue weighted by Gasteiger charge is 2.07. The highest BCUT2D eigenvalue weighted by molar-refractivity contribution is 5.90. The summed E-state index contributed by atoms with van der Waals surface area (Å²) in [5, 5.41) is 0. The third kappa shape index (κ3) is 4.80. The zero-order chi connectivity index (χ0) is 17.5. The molecule has 0 bridgehead atoms. The van der Waals surface area contributed by atoms with Crippen LogP contribution in [0, 0.1) is 0 Å². The number of pyridine rings is 1. The van der Waals surface area contributed by atoms with Crippen LogP contribution < -0.4 is 5.56 Å². The van der Waals surface area contributed by atoms with Crippen LogP contribution in [-0.2, 0) is 11.3 Å². The first kappa shape index (κ1) is 17.9. The van der Waals surface area contributed by atoms with Crippen molar-refractivity contribution in [3.63, 3.8) is 0 Å². The fourth-order valence-electron chi connectivity index (χ4n) is 2.45. The Kier molecular flexibility index (Phi) is 6.32. The van der Waals surface area contributed by atoms with Crippen LogP contribution in [0.5, 0.6) is 0 Å². The molecule has 0 aliphatic carbocycles. The number of nitrogens with zero attached hydrogens (tertiary/aromatic N) is 2. The lowest BCUT2D eigenvalue weighted by atomic mass is 10.1. The second kappa shape index (κ2) is 8.45. The smallest absolute Gasteiger partial charge is 0.338 e. The molecule has 0 aliphatic rings. The van der Waals surface area contributed by atoms with E-state index in [1.54, 1.807) is 29.7 Å². The molecule has 1 heterocycles. The third-order valence-electron chi connectivity index (χ3n) is 3.72. The van der Waals surface area contributed by atoms with Gasteiger partial charge in [-0.05, 0) is 63.3 Å². The Hall–Kier alpha value is -2.40. The van der Waals surface area contributed by atoms with E-state index in [1.807, 2.05) is 38.5 Å². The molecule has 2 rings (SSSR count). The SMILES string of the molecule is CCOC(=O)c1ccc(-c2ccc(=O)n(CCCN(C)C)c2)cc1. The Labute approximate surface area is 142 Å². The maximum Gasteiger partial charge on any atom is 0.338 e. The van der Waals surface area contributed by atoms with Gasteiger partial charge in [0, 0.05) is 18.8 Å².